The summed E-state index contributed by atoms with van der Waals surface area (Å²) < 4.78 is 2.14. The fraction of sp³-hybridized carbons (Fsp3) is 0.133. The van der Waals surface area contributed by atoms with Crippen molar-refractivity contribution in [3.05, 3.63) is 47.7 Å². The first kappa shape index (κ1) is 12.1. The maximum atomic E-state index is 6.06. The van der Waals surface area contributed by atoms with Gasteiger partial charge in [-0.1, -0.05) is 17.7 Å². The predicted octanol–water partition coefficient (Wildman–Crippen LogP) is 3.94. The summed E-state index contributed by atoms with van der Waals surface area (Å²) in [6.45, 7) is 0. The van der Waals surface area contributed by atoms with Crippen molar-refractivity contribution < 1.29 is 0 Å². The van der Waals surface area contributed by atoms with Crippen molar-refractivity contribution >= 4 is 28.2 Å². The molecule has 1 N–H and O–H groups in total. The second-order valence-corrected chi connectivity index (χ2v) is 4.94. The van der Waals surface area contributed by atoms with Gasteiger partial charge in [-0.2, -0.15) is 0 Å². The molecule has 0 aliphatic rings. The van der Waals surface area contributed by atoms with Crippen LogP contribution in [0.2, 0.25) is 5.02 Å². The Balaban J connectivity index is 2.21. The van der Waals surface area contributed by atoms with E-state index in [-0.39, 0.29) is 0 Å². The largest absolute Gasteiger partial charge is 0.387 e. The molecule has 0 atom stereocenters. The van der Waals surface area contributed by atoms with Crippen molar-refractivity contribution in [1.29, 1.82) is 0 Å². The second-order valence-electron chi connectivity index (χ2n) is 4.50. The number of aryl methyl sites for hydroxylation is 1. The van der Waals surface area contributed by atoms with Gasteiger partial charge in [-0.15, -0.1) is 0 Å². The maximum Gasteiger partial charge on any atom is 0.0530 e. The van der Waals surface area contributed by atoms with E-state index < -0.39 is 0 Å². The third-order valence-electron chi connectivity index (χ3n) is 3.33. The molecule has 0 saturated carbocycles. The van der Waals surface area contributed by atoms with Crippen LogP contribution < -0.4 is 5.32 Å². The van der Waals surface area contributed by atoms with Crippen molar-refractivity contribution in [2.75, 3.05) is 12.4 Å². The Bertz CT molecular complexity index is 746. The van der Waals surface area contributed by atoms with Crippen LogP contribution in [0, 0.1) is 0 Å². The van der Waals surface area contributed by atoms with Gasteiger partial charge in [0, 0.05) is 48.0 Å². The molecule has 3 nitrogen and oxygen atoms in total. The number of nitrogens with zero attached hydrogens (tertiary/aromatic N) is 2. The average Bonchev–Trinajstić information content (AvgIpc) is 2.76. The number of hydrogen-bond donors (Lipinski definition) is 1. The Morgan fingerprint density at radius 1 is 1.16 bits per heavy atom. The minimum Gasteiger partial charge on any atom is -0.387 e. The fourth-order valence-corrected chi connectivity index (χ4v) is 2.46. The van der Waals surface area contributed by atoms with Gasteiger partial charge in [0.25, 0.3) is 0 Å². The van der Waals surface area contributed by atoms with Gasteiger partial charge < -0.3 is 9.88 Å². The molecule has 2 aromatic heterocycles. The molecule has 2 heterocycles. The summed E-state index contributed by atoms with van der Waals surface area (Å²) >= 11 is 6.06. The number of benzene rings is 1. The van der Waals surface area contributed by atoms with Crippen LogP contribution in [0.15, 0.2) is 42.7 Å². The molecule has 1 aromatic carbocycles. The van der Waals surface area contributed by atoms with E-state index in [1.165, 1.54) is 5.39 Å². The SMILES string of the molecule is CNc1cncc(-c2cc3ccc(Cl)cc3n2C)c1. The Kier molecular flexibility index (Phi) is 2.91. The molecule has 0 bridgehead atoms. The summed E-state index contributed by atoms with van der Waals surface area (Å²) in [4.78, 5) is 4.26. The Morgan fingerprint density at radius 2 is 2.00 bits per heavy atom. The normalized spacial score (nSPS) is 10.9. The number of anilines is 1. The van der Waals surface area contributed by atoms with Gasteiger partial charge in [0.15, 0.2) is 0 Å². The van der Waals surface area contributed by atoms with Gasteiger partial charge in [0.2, 0.25) is 0 Å². The minimum absolute atomic E-state index is 0.752. The van der Waals surface area contributed by atoms with Gasteiger partial charge >= 0.3 is 0 Å². The van der Waals surface area contributed by atoms with E-state index in [9.17, 15) is 0 Å². The van der Waals surface area contributed by atoms with Crippen LogP contribution in [-0.4, -0.2) is 16.6 Å². The molecule has 0 aliphatic heterocycles. The van der Waals surface area contributed by atoms with Crippen molar-refractivity contribution in [2.45, 2.75) is 0 Å². The lowest BCUT2D eigenvalue weighted by Gasteiger charge is -2.06. The highest BCUT2D eigenvalue weighted by atomic mass is 35.5. The zero-order valence-electron chi connectivity index (χ0n) is 10.8. The van der Waals surface area contributed by atoms with Crippen LogP contribution in [0.1, 0.15) is 0 Å². The molecular weight excluding hydrogens is 258 g/mol. The molecule has 3 aromatic rings. The molecule has 0 saturated heterocycles. The zero-order chi connectivity index (χ0) is 13.4. The van der Waals surface area contributed by atoms with E-state index in [4.69, 9.17) is 11.6 Å². The van der Waals surface area contributed by atoms with Crippen molar-refractivity contribution in [3.8, 4) is 11.3 Å². The molecule has 0 unspecified atom stereocenters. The molecule has 19 heavy (non-hydrogen) atoms. The van der Waals surface area contributed by atoms with E-state index in [2.05, 4.69) is 27.0 Å². The zero-order valence-corrected chi connectivity index (χ0v) is 11.6. The van der Waals surface area contributed by atoms with Crippen molar-refractivity contribution in [3.63, 3.8) is 0 Å². The number of rotatable bonds is 2. The van der Waals surface area contributed by atoms with Gasteiger partial charge in [-0.05, 0) is 24.3 Å². The Labute approximate surface area is 116 Å². The first-order chi connectivity index (χ1) is 9.19. The molecule has 4 heteroatoms. The molecule has 0 amide bonds. The van der Waals surface area contributed by atoms with E-state index in [1.54, 1.807) is 0 Å². The molecule has 96 valence electrons. The number of nitrogens with one attached hydrogen (secondary N) is 1. The lowest BCUT2D eigenvalue weighted by atomic mass is 10.2. The molecule has 0 fully saturated rings. The van der Waals surface area contributed by atoms with E-state index in [0.717, 1.165) is 27.5 Å². The van der Waals surface area contributed by atoms with Gasteiger partial charge in [-0.3, -0.25) is 4.98 Å². The summed E-state index contributed by atoms with van der Waals surface area (Å²) in [5.41, 5.74) is 4.33. The van der Waals surface area contributed by atoms with Crippen LogP contribution in [0.4, 0.5) is 5.69 Å². The minimum atomic E-state index is 0.752. The smallest absolute Gasteiger partial charge is 0.0530 e. The third kappa shape index (κ3) is 2.06. The number of halogens is 1. The van der Waals surface area contributed by atoms with Gasteiger partial charge in [-0.25, -0.2) is 0 Å². The third-order valence-corrected chi connectivity index (χ3v) is 3.57. The first-order valence-corrected chi connectivity index (χ1v) is 6.45. The van der Waals surface area contributed by atoms with Crippen molar-refractivity contribution in [1.82, 2.24) is 9.55 Å². The van der Waals surface area contributed by atoms with E-state index in [1.807, 2.05) is 44.7 Å². The number of pyridine rings is 1. The number of aromatic nitrogens is 2. The maximum absolute atomic E-state index is 6.06. The topological polar surface area (TPSA) is 29.9 Å². The van der Waals surface area contributed by atoms with E-state index in [0.29, 0.717) is 0 Å². The first-order valence-electron chi connectivity index (χ1n) is 6.07. The highest BCUT2D eigenvalue weighted by Gasteiger charge is 2.09. The van der Waals surface area contributed by atoms with Crippen LogP contribution in [0.25, 0.3) is 22.2 Å². The monoisotopic (exact) mass is 271 g/mol. The molecule has 3 rings (SSSR count). The second kappa shape index (κ2) is 4.59. The summed E-state index contributed by atoms with van der Waals surface area (Å²) in [6, 6.07) is 10.2. The lowest BCUT2D eigenvalue weighted by molar-refractivity contribution is 0.977. The van der Waals surface area contributed by atoms with Crippen LogP contribution in [-0.2, 0) is 7.05 Å². The summed E-state index contributed by atoms with van der Waals surface area (Å²) in [6.07, 6.45) is 3.68. The Hall–Kier alpha value is -2.00. The molecule has 0 spiro atoms. The summed E-state index contributed by atoms with van der Waals surface area (Å²) in [5.74, 6) is 0. The highest BCUT2D eigenvalue weighted by molar-refractivity contribution is 6.31. The number of fused-ring (bicyclic) bond motifs is 1. The van der Waals surface area contributed by atoms with Crippen LogP contribution in [0.5, 0.6) is 0 Å². The summed E-state index contributed by atoms with van der Waals surface area (Å²) in [5, 5.41) is 5.04. The molecule has 0 aliphatic carbocycles. The molecular formula is C15H14ClN3. The Morgan fingerprint density at radius 3 is 2.79 bits per heavy atom. The van der Waals surface area contributed by atoms with Crippen LogP contribution in [0.3, 0.4) is 0 Å². The van der Waals surface area contributed by atoms with Gasteiger partial charge in [0.05, 0.1) is 11.4 Å². The fourth-order valence-electron chi connectivity index (χ4n) is 2.30. The molecule has 0 radical (unpaired) electrons. The predicted molar refractivity (Wildman–Crippen MR) is 80.7 cm³/mol. The van der Waals surface area contributed by atoms with E-state index >= 15 is 0 Å². The standard InChI is InChI=1S/C15H14ClN3/c1-17-13-5-11(8-18-9-13)14-6-10-3-4-12(16)7-15(10)19(14)2/h3-9,17H,1-2H3. The van der Waals surface area contributed by atoms with Gasteiger partial charge in [0.1, 0.15) is 0 Å². The van der Waals surface area contributed by atoms with Crippen LogP contribution >= 0.6 is 11.6 Å². The average molecular weight is 272 g/mol. The summed E-state index contributed by atoms with van der Waals surface area (Å²) in [7, 11) is 3.93. The quantitative estimate of drug-likeness (QED) is 0.765. The van der Waals surface area contributed by atoms with Crippen molar-refractivity contribution in [2.24, 2.45) is 7.05 Å². The number of hydrogen-bond acceptors (Lipinski definition) is 2. The highest BCUT2D eigenvalue weighted by Crippen LogP contribution is 2.29. The lowest BCUT2D eigenvalue weighted by Crippen LogP contribution is -1.94.